The Morgan fingerprint density at radius 1 is 1.06 bits per heavy atom. The molecule has 5 rings (SSSR count). The highest BCUT2D eigenvalue weighted by molar-refractivity contribution is 7.22. The third-order valence-corrected chi connectivity index (χ3v) is 6.67. The van der Waals surface area contributed by atoms with Crippen LogP contribution in [0.25, 0.3) is 16.0 Å². The Morgan fingerprint density at radius 2 is 1.76 bits per heavy atom. The van der Waals surface area contributed by atoms with Gasteiger partial charge in [-0.3, -0.25) is 24.6 Å². The van der Waals surface area contributed by atoms with Crippen molar-refractivity contribution in [1.29, 1.82) is 0 Å². The SMILES string of the molecule is Cc1ccc2nc(N3C(=O)C(=O)/C(=C(/O)c4ccccc4)C3c3ccc([N+](=O)[O-])cc3)sc2c1. The Bertz CT molecular complexity index is 1490. The van der Waals surface area contributed by atoms with Crippen molar-refractivity contribution in [1.82, 2.24) is 4.98 Å². The maximum absolute atomic E-state index is 13.2. The fourth-order valence-electron chi connectivity index (χ4n) is 4.00. The maximum Gasteiger partial charge on any atom is 0.301 e. The summed E-state index contributed by atoms with van der Waals surface area (Å²) in [7, 11) is 0. The van der Waals surface area contributed by atoms with Crippen LogP contribution in [0.2, 0.25) is 0 Å². The number of Topliss-reactive ketones (excluding diaryl/α,β-unsaturated/α-hetero) is 1. The molecule has 1 aliphatic heterocycles. The number of carbonyl (C=O) groups excluding carboxylic acids is 2. The predicted octanol–water partition coefficient (Wildman–Crippen LogP) is 5.14. The molecule has 168 valence electrons. The van der Waals surface area contributed by atoms with E-state index in [9.17, 15) is 24.8 Å². The van der Waals surface area contributed by atoms with Gasteiger partial charge in [0.2, 0.25) is 0 Å². The van der Waals surface area contributed by atoms with Crippen LogP contribution in [0, 0.1) is 17.0 Å². The monoisotopic (exact) mass is 471 g/mol. The summed E-state index contributed by atoms with van der Waals surface area (Å²) in [5.74, 6) is -1.99. The minimum atomic E-state index is -0.998. The number of amides is 1. The van der Waals surface area contributed by atoms with Gasteiger partial charge in [-0.05, 0) is 42.3 Å². The zero-order valence-corrected chi connectivity index (χ0v) is 18.7. The number of nitrogens with zero attached hydrogens (tertiary/aromatic N) is 3. The van der Waals surface area contributed by atoms with Crippen LogP contribution < -0.4 is 4.90 Å². The van der Waals surface area contributed by atoms with Gasteiger partial charge in [0, 0.05) is 17.7 Å². The first-order valence-electron chi connectivity index (χ1n) is 10.3. The summed E-state index contributed by atoms with van der Waals surface area (Å²) in [5.41, 5.74) is 2.31. The van der Waals surface area contributed by atoms with Gasteiger partial charge in [0.1, 0.15) is 5.76 Å². The van der Waals surface area contributed by atoms with Crippen molar-refractivity contribution in [3.05, 3.63) is 105 Å². The number of nitro benzene ring substituents is 1. The quantitative estimate of drug-likeness (QED) is 0.145. The number of aliphatic hydroxyl groups is 1. The molecule has 9 heteroatoms. The van der Waals surface area contributed by atoms with Gasteiger partial charge in [0.25, 0.3) is 11.5 Å². The van der Waals surface area contributed by atoms with Gasteiger partial charge in [0.05, 0.1) is 26.8 Å². The molecule has 2 heterocycles. The molecular formula is C25H17N3O5S. The molecule has 1 atom stereocenters. The average Bonchev–Trinajstić information content (AvgIpc) is 3.37. The smallest absolute Gasteiger partial charge is 0.301 e. The van der Waals surface area contributed by atoms with Gasteiger partial charge in [-0.1, -0.05) is 47.7 Å². The van der Waals surface area contributed by atoms with Gasteiger partial charge >= 0.3 is 5.91 Å². The number of carbonyl (C=O) groups is 2. The third-order valence-electron chi connectivity index (χ3n) is 5.65. The van der Waals surface area contributed by atoms with E-state index in [1.165, 1.54) is 40.5 Å². The van der Waals surface area contributed by atoms with Crippen molar-refractivity contribution in [3.8, 4) is 0 Å². The van der Waals surface area contributed by atoms with Crippen LogP contribution in [0.1, 0.15) is 22.7 Å². The predicted molar refractivity (Wildman–Crippen MR) is 129 cm³/mol. The lowest BCUT2D eigenvalue weighted by molar-refractivity contribution is -0.384. The third kappa shape index (κ3) is 3.52. The van der Waals surface area contributed by atoms with E-state index < -0.39 is 22.7 Å². The van der Waals surface area contributed by atoms with Gasteiger partial charge < -0.3 is 5.11 Å². The number of benzene rings is 3. The molecule has 8 nitrogen and oxygen atoms in total. The molecule has 1 aromatic heterocycles. The van der Waals surface area contributed by atoms with Crippen molar-refractivity contribution in [2.45, 2.75) is 13.0 Å². The lowest BCUT2D eigenvalue weighted by atomic mass is 9.95. The number of anilines is 1. The average molecular weight is 471 g/mol. The molecule has 0 radical (unpaired) electrons. The van der Waals surface area contributed by atoms with E-state index in [4.69, 9.17) is 0 Å². The standard InChI is InChI=1S/C25H17N3O5S/c1-14-7-12-18-19(13-14)34-25(26-18)27-21(15-8-10-17(11-9-15)28(32)33)20(23(30)24(27)31)22(29)16-5-3-2-4-6-16/h2-13,21,29H,1H3/b22-20+. The number of ketones is 1. The lowest BCUT2D eigenvalue weighted by Crippen LogP contribution is -2.29. The normalized spacial score (nSPS) is 17.4. The van der Waals surface area contributed by atoms with E-state index in [-0.39, 0.29) is 17.0 Å². The fraction of sp³-hybridized carbons (Fsp3) is 0.0800. The lowest BCUT2D eigenvalue weighted by Gasteiger charge is -2.22. The number of aliphatic hydroxyl groups excluding tert-OH is 1. The molecule has 1 fully saturated rings. The second-order valence-corrected chi connectivity index (χ2v) is 8.86. The highest BCUT2D eigenvalue weighted by Gasteiger charge is 2.48. The number of rotatable bonds is 4. The Kier molecular flexibility index (Phi) is 5.18. The van der Waals surface area contributed by atoms with Crippen molar-refractivity contribution < 1.29 is 19.6 Å². The van der Waals surface area contributed by atoms with Crippen molar-refractivity contribution in [2.24, 2.45) is 0 Å². The number of hydrogen-bond acceptors (Lipinski definition) is 7. The van der Waals surface area contributed by atoms with Crippen LogP contribution in [-0.4, -0.2) is 26.7 Å². The molecule has 0 aliphatic carbocycles. The summed E-state index contributed by atoms with van der Waals surface area (Å²) in [5, 5.41) is 22.5. The van der Waals surface area contributed by atoms with Crippen molar-refractivity contribution in [3.63, 3.8) is 0 Å². The Hall–Kier alpha value is -4.37. The summed E-state index contributed by atoms with van der Waals surface area (Å²) in [6.45, 7) is 1.95. The van der Waals surface area contributed by atoms with E-state index in [1.807, 2.05) is 25.1 Å². The number of hydrogen-bond donors (Lipinski definition) is 1. The molecule has 1 amide bonds. The number of non-ortho nitro benzene ring substituents is 1. The number of fused-ring (bicyclic) bond motifs is 1. The second kappa shape index (κ2) is 8.20. The molecule has 1 saturated heterocycles. The fourth-order valence-corrected chi connectivity index (χ4v) is 5.09. The van der Waals surface area contributed by atoms with Crippen LogP contribution in [-0.2, 0) is 9.59 Å². The zero-order valence-electron chi connectivity index (χ0n) is 17.8. The van der Waals surface area contributed by atoms with E-state index in [1.54, 1.807) is 30.3 Å². The van der Waals surface area contributed by atoms with Crippen LogP contribution in [0.5, 0.6) is 0 Å². The molecule has 3 aromatic carbocycles. The van der Waals surface area contributed by atoms with Crippen LogP contribution in [0.15, 0.2) is 78.4 Å². The minimum Gasteiger partial charge on any atom is -0.507 e. The van der Waals surface area contributed by atoms with Gasteiger partial charge in [0.15, 0.2) is 5.13 Å². The molecule has 4 aromatic rings. The molecule has 34 heavy (non-hydrogen) atoms. The number of aromatic nitrogens is 1. The van der Waals surface area contributed by atoms with Crippen LogP contribution in [0.3, 0.4) is 0 Å². The summed E-state index contributed by atoms with van der Waals surface area (Å²) < 4.78 is 0.849. The highest BCUT2D eigenvalue weighted by atomic mass is 32.1. The summed E-state index contributed by atoms with van der Waals surface area (Å²) in [6, 6.07) is 18.7. The summed E-state index contributed by atoms with van der Waals surface area (Å²) >= 11 is 1.26. The van der Waals surface area contributed by atoms with Gasteiger partial charge in [-0.25, -0.2) is 4.98 Å². The topological polar surface area (TPSA) is 114 Å². The van der Waals surface area contributed by atoms with E-state index in [0.29, 0.717) is 21.8 Å². The van der Waals surface area contributed by atoms with E-state index in [2.05, 4.69) is 4.98 Å². The van der Waals surface area contributed by atoms with Gasteiger partial charge in [-0.2, -0.15) is 0 Å². The summed E-state index contributed by atoms with van der Waals surface area (Å²) in [6.07, 6.45) is 0. The zero-order chi connectivity index (χ0) is 24.0. The Morgan fingerprint density at radius 3 is 2.44 bits per heavy atom. The number of thiazole rings is 1. The first kappa shape index (κ1) is 21.5. The molecule has 0 bridgehead atoms. The number of nitro groups is 1. The Labute approximate surface area is 197 Å². The van der Waals surface area contributed by atoms with E-state index in [0.717, 1.165) is 10.3 Å². The van der Waals surface area contributed by atoms with Crippen LogP contribution in [0.4, 0.5) is 10.8 Å². The first-order valence-corrected chi connectivity index (χ1v) is 11.1. The molecule has 1 aliphatic rings. The largest absolute Gasteiger partial charge is 0.507 e. The van der Waals surface area contributed by atoms with Crippen molar-refractivity contribution >= 4 is 49.8 Å². The molecule has 1 N–H and O–H groups in total. The Balaban J connectivity index is 1.72. The molecule has 0 spiro atoms. The van der Waals surface area contributed by atoms with Gasteiger partial charge in [-0.15, -0.1) is 0 Å². The highest BCUT2D eigenvalue weighted by Crippen LogP contribution is 2.44. The second-order valence-electron chi connectivity index (χ2n) is 7.85. The summed E-state index contributed by atoms with van der Waals surface area (Å²) in [4.78, 5) is 42.9. The van der Waals surface area contributed by atoms with Crippen LogP contribution >= 0.6 is 11.3 Å². The van der Waals surface area contributed by atoms with Crippen molar-refractivity contribution in [2.75, 3.05) is 4.90 Å². The maximum atomic E-state index is 13.2. The first-order chi connectivity index (χ1) is 16.3. The molecule has 1 unspecified atom stereocenters. The molecular weight excluding hydrogens is 454 g/mol. The molecule has 0 saturated carbocycles. The van der Waals surface area contributed by atoms with E-state index >= 15 is 0 Å². The minimum absolute atomic E-state index is 0.0968. The number of aryl methyl sites for hydroxylation is 1.